The van der Waals surface area contributed by atoms with E-state index in [4.69, 9.17) is 5.11 Å². The molecule has 0 fully saturated rings. The van der Waals surface area contributed by atoms with Crippen LogP contribution in [0.1, 0.15) is 29.9 Å². The van der Waals surface area contributed by atoms with Crippen molar-refractivity contribution in [3.05, 3.63) is 11.1 Å². The van der Waals surface area contributed by atoms with Gasteiger partial charge in [-0.3, -0.25) is 0 Å². The molecule has 1 heterocycles. The standard InChI is InChI=1S/C9H14N2O2S/c1-6(2)3-4-10-9-11-5-7(14-9)8(12)13/h5-6H,3-4H2,1-2H3,(H,10,11)(H,12,13). The second-order valence-corrected chi connectivity index (χ2v) is 4.47. The quantitative estimate of drug-likeness (QED) is 0.789. The molecule has 0 atom stereocenters. The predicted molar refractivity (Wildman–Crippen MR) is 57.0 cm³/mol. The lowest BCUT2D eigenvalue weighted by molar-refractivity contribution is 0.0702. The lowest BCUT2D eigenvalue weighted by atomic mass is 10.1. The van der Waals surface area contributed by atoms with Gasteiger partial charge in [-0.15, -0.1) is 0 Å². The third-order valence-electron chi connectivity index (χ3n) is 1.71. The van der Waals surface area contributed by atoms with Crippen molar-refractivity contribution in [1.82, 2.24) is 4.98 Å². The second-order valence-electron chi connectivity index (χ2n) is 3.44. The smallest absolute Gasteiger partial charge is 0.347 e. The van der Waals surface area contributed by atoms with E-state index in [1.807, 2.05) is 0 Å². The van der Waals surface area contributed by atoms with E-state index in [2.05, 4.69) is 24.1 Å². The normalized spacial score (nSPS) is 10.5. The fourth-order valence-corrected chi connectivity index (χ4v) is 1.60. The molecule has 0 bridgehead atoms. The summed E-state index contributed by atoms with van der Waals surface area (Å²) in [5.41, 5.74) is 0. The molecule has 0 aliphatic rings. The molecule has 0 aromatic carbocycles. The first kappa shape index (κ1) is 11.0. The van der Waals surface area contributed by atoms with Gasteiger partial charge in [0, 0.05) is 6.54 Å². The molecule has 4 nitrogen and oxygen atoms in total. The summed E-state index contributed by atoms with van der Waals surface area (Å²) in [4.78, 5) is 14.8. The third kappa shape index (κ3) is 3.33. The van der Waals surface area contributed by atoms with Gasteiger partial charge in [0.25, 0.3) is 0 Å². The number of aromatic nitrogens is 1. The highest BCUT2D eigenvalue weighted by Gasteiger charge is 2.07. The summed E-state index contributed by atoms with van der Waals surface area (Å²) < 4.78 is 0. The molecular weight excluding hydrogens is 200 g/mol. The molecule has 1 rings (SSSR count). The van der Waals surface area contributed by atoms with E-state index in [1.165, 1.54) is 17.5 Å². The number of hydrogen-bond donors (Lipinski definition) is 2. The maximum atomic E-state index is 10.5. The molecule has 1 aromatic heterocycles. The van der Waals surface area contributed by atoms with Crippen LogP contribution in [0.5, 0.6) is 0 Å². The van der Waals surface area contributed by atoms with Crippen LogP contribution in [0.25, 0.3) is 0 Å². The fraction of sp³-hybridized carbons (Fsp3) is 0.556. The summed E-state index contributed by atoms with van der Waals surface area (Å²) in [7, 11) is 0. The van der Waals surface area contributed by atoms with Crippen molar-refractivity contribution in [1.29, 1.82) is 0 Å². The van der Waals surface area contributed by atoms with Crippen LogP contribution in [-0.2, 0) is 0 Å². The number of thiazole rings is 1. The third-order valence-corrected chi connectivity index (χ3v) is 2.66. The van der Waals surface area contributed by atoms with Crippen LogP contribution in [0.3, 0.4) is 0 Å². The van der Waals surface area contributed by atoms with E-state index in [1.54, 1.807) is 0 Å². The summed E-state index contributed by atoms with van der Waals surface area (Å²) in [5.74, 6) is -0.277. The maximum Gasteiger partial charge on any atom is 0.347 e. The van der Waals surface area contributed by atoms with E-state index >= 15 is 0 Å². The molecule has 0 spiro atoms. The molecule has 0 unspecified atom stereocenters. The van der Waals surface area contributed by atoms with Crippen molar-refractivity contribution >= 4 is 22.4 Å². The Kier molecular flexibility index (Phi) is 3.88. The van der Waals surface area contributed by atoms with Crippen LogP contribution >= 0.6 is 11.3 Å². The number of carbonyl (C=O) groups is 1. The van der Waals surface area contributed by atoms with Gasteiger partial charge >= 0.3 is 5.97 Å². The molecule has 78 valence electrons. The SMILES string of the molecule is CC(C)CCNc1ncc(C(=O)O)s1. The van der Waals surface area contributed by atoms with Crippen molar-refractivity contribution in [2.45, 2.75) is 20.3 Å². The number of nitrogens with zero attached hydrogens (tertiary/aromatic N) is 1. The van der Waals surface area contributed by atoms with Crippen molar-refractivity contribution < 1.29 is 9.90 Å². The number of rotatable bonds is 5. The zero-order valence-corrected chi connectivity index (χ0v) is 9.10. The number of carboxylic acid groups (broad SMARTS) is 1. The molecule has 0 aliphatic heterocycles. The molecule has 14 heavy (non-hydrogen) atoms. The van der Waals surface area contributed by atoms with E-state index in [0.717, 1.165) is 13.0 Å². The van der Waals surface area contributed by atoms with Gasteiger partial charge in [0.2, 0.25) is 0 Å². The van der Waals surface area contributed by atoms with Gasteiger partial charge in [0.05, 0.1) is 6.20 Å². The average molecular weight is 214 g/mol. The van der Waals surface area contributed by atoms with E-state index in [9.17, 15) is 4.79 Å². The highest BCUT2D eigenvalue weighted by atomic mass is 32.1. The summed E-state index contributed by atoms with van der Waals surface area (Å²) in [6.45, 7) is 5.13. The Labute approximate surface area is 87.0 Å². The molecule has 0 saturated carbocycles. The van der Waals surface area contributed by atoms with Gasteiger partial charge in [-0.2, -0.15) is 0 Å². The zero-order chi connectivity index (χ0) is 10.6. The van der Waals surface area contributed by atoms with Gasteiger partial charge < -0.3 is 10.4 Å². The molecular formula is C9H14N2O2S. The maximum absolute atomic E-state index is 10.5. The number of anilines is 1. The van der Waals surface area contributed by atoms with Crippen molar-refractivity contribution in [2.75, 3.05) is 11.9 Å². The number of hydrogen-bond acceptors (Lipinski definition) is 4. The van der Waals surface area contributed by atoms with Crippen molar-refractivity contribution in [3.8, 4) is 0 Å². The minimum absolute atomic E-state index is 0.275. The van der Waals surface area contributed by atoms with Crippen molar-refractivity contribution in [2.24, 2.45) is 5.92 Å². The number of carboxylic acids is 1. The largest absolute Gasteiger partial charge is 0.477 e. The van der Waals surface area contributed by atoms with Gasteiger partial charge in [-0.05, 0) is 12.3 Å². The van der Waals surface area contributed by atoms with Gasteiger partial charge in [-0.25, -0.2) is 9.78 Å². The summed E-state index contributed by atoms with van der Waals surface area (Å²) in [6.07, 6.45) is 2.44. The number of nitrogens with one attached hydrogen (secondary N) is 1. The van der Waals surface area contributed by atoms with Gasteiger partial charge in [0.15, 0.2) is 5.13 Å². The lowest BCUT2D eigenvalue weighted by Crippen LogP contribution is -2.03. The highest BCUT2D eigenvalue weighted by molar-refractivity contribution is 7.17. The molecule has 0 aliphatic carbocycles. The molecule has 0 saturated heterocycles. The topological polar surface area (TPSA) is 62.2 Å². The first-order valence-electron chi connectivity index (χ1n) is 4.52. The van der Waals surface area contributed by atoms with Gasteiger partial charge in [-0.1, -0.05) is 25.2 Å². The molecule has 5 heteroatoms. The minimum atomic E-state index is -0.917. The fourth-order valence-electron chi connectivity index (χ4n) is 0.922. The van der Waals surface area contributed by atoms with Crippen LogP contribution in [0.2, 0.25) is 0 Å². The Morgan fingerprint density at radius 2 is 2.43 bits per heavy atom. The Bertz CT molecular complexity index is 310. The Hall–Kier alpha value is -1.10. The average Bonchev–Trinajstić information content (AvgIpc) is 2.52. The van der Waals surface area contributed by atoms with Crippen molar-refractivity contribution in [3.63, 3.8) is 0 Å². The predicted octanol–water partition coefficient (Wildman–Crippen LogP) is 2.30. The lowest BCUT2D eigenvalue weighted by Gasteiger charge is -2.04. The van der Waals surface area contributed by atoms with Gasteiger partial charge in [0.1, 0.15) is 4.88 Å². The number of aromatic carboxylic acids is 1. The Balaban J connectivity index is 2.40. The molecule has 2 N–H and O–H groups in total. The van der Waals surface area contributed by atoms with E-state index < -0.39 is 5.97 Å². The van der Waals surface area contributed by atoms with Crippen LogP contribution in [0, 0.1) is 5.92 Å². The summed E-state index contributed by atoms with van der Waals surface area (Å²) in [5, 5.41) is 12.4. The summed E-state index contributed by atoms with van der Waals surface area (Å²) in [6, 6.07) is 0. The highest BCUT2D eigenvalue weighted by Crippen LogP contribution is 2.17. The van der Waals surface area contributed by atoms with E-state index in [0.29, 0.717) is 11.0 Å². The second kappa shape index (κ2) is 4.95. The Morgan fingerprint density at radius 1 is 1.71 bits per heavy atom. The molecule has 0 radical (unpaired) electrons. The monoisotopic (exact) mass is 214 g/mol. The Morgan fingerprint density at radius 3 is 2.93 bits per heavy atom. The van der Waals surface area contributed by atoms with Crippen LogP contribution < -0.4 is 5.32 Å². The first-order valence-corrected chi connectivity index (χ1v) is 5.34. The van der Waals surface area contributed by atoms with Crippen LogP contribution in [0.15, 0.2) is 6.20 Å². The molecule has 0 amide bonds. The first-order chi connectivity index (χ1) is 6.59. The van der Waals surface area contributed by atoms with E-state index in [-0.39, 0.29) is 4.88 Å². The molecule has 1 aromatic rings. The summed E-state index contributed by atoms with van der Waals surface area (Å²) >= 11 is 1.17. The van der Waals surface area contributed by atoms with Crippen LogP contribution in [-0.4, -0.2) is 22.6 Å². The van der Waals surface area contributed by atoms with Crippen LogP contribution in [0.4, 0.5) is 5.13 Å². The minimum Gasteiger partial charge on any atom is -0.477 e. The zero-order valence-electron chi connectivity index (χ0n) is 8.28.